The minimum Gasteiger partial charge on any atom is -0.396 e. The number of unbranched alkanes of at least 4 members (excludes halogenated alkanes) is 1. The number of aromatic nitrogens is 1. The summed E-state index contributed by atoms with van der Waals surface area (Å²) in [7, 11) is -3.74. The molecule has 1 saturated heterocycles. The van der Waals surface area contributed by atoms with Crippen LogP contribution in [-0.4, -0.2) is 55.1 Å². The highest BCUT2D eigenvalue weighted by Crippen LogP contribution is 2.24. The van der Waals surface area contributed by atoms with Gasteiger partial charge in [0.15, 0.2) is 16.1 Å². The van der Waals surface area contributed by atoms with Gasteiger partial charge in [0.1, 0.15) is 4.75 Å². The highest BCUT2D eigenvalue weighted by molar-refractivity contribution is 7.92. The fraction of sp³-hybridized carbons (Fsp3) is 0.684. The van der Waals surface area contributed by atoms with E-state index in [0.29, 0.717) is 37.3 Å². The maximum atomic E-state index is 12.6. The monoisotopic (exact) mass is 428 g/mol. The predicted octanol–water partition coefficient (Wildman–Crippen LogP) is 1.11. The number of aliphatic hydroxyl groups is 1. The summed E-state index contributed by atoms with van der Waals surface area (Å²) in [6.07, 6.45) is 4.24. The zero-order chi connectivity index (χ0) is 21.3. The summed E-state index contributed by atoms with van der Waals surface area (Å²) in [4.78, 5) is 17.9. The Morgan fingerprint density at radius 1 is 1.48 bits per heavy atom. The van der Waals surface area contributed by atoms with E-state index < -0.39 is 26.8 Å². The highest BCUT2D eigenvalue weighted by Gasteiger charge is 2.44. The second-order valence-corrected chi connectivity index (χ2v) is 9.61. The zero-order valence-corrected chi connectivity index (χ0v) is 17.6. The molecule has 2 heterocycles. The summed E-state index contributed by atoms with van der Waals surface area (Å²) in [5.41, 5.74) is 2.75. The summed E-state index contributed by atoms with van der Waals surface area (Å²) in [5.74, 6) is 5.23. The predicted molar refractivity (Wildman–Crippen MR) is 104 cm³/mol. The lowest BCUT2D eigenvalue weighted by Crippen LogP contribution is -2.51. The van der Waals surface area contributed by atoms with Crippen LogP contribution in [-0.2, 0) is 30.6 Å². The van der Waals surface area contributed by atoms with Crippen molar-refractivity contribution in [3.8, 4) is 11.8 Å². The molecule has 162 valence electrons. The van der Waals surface area contributed by atoms with Crippen LogP contribution in [0.3, 0.4) is 0 Å². The molecular formula is C19H28N2O7S. The summed E-state index contributed by atoms with van der Waals surface area (Å²) in [6, 6.07) is 1.61. The quantitative estimate of drug-likeness (QED) is 0.340. The van der Waals surface area contributed by atoms with Crippen molar-refractivity contribution in [2.75, 3.05) is 19.5 Å². The minimum absolute atomic E-state index is 0.00351. The van der Waals surface area contributed by atoms with E-state index in [0.717, 1.165) is 19.1 Å². The summed E-state index contributed by atoms with van der Waals surface area (Å²) >= 11 is 0. The average Bonchev–Trinajstić information content (AvgIpc) is 3.15. The number of aliphatic hydroxyl groups excluding tert-OH is 1. The molecule has 0 bridgehead atoms. The smallest absolute Gasteiger partial charge is 0.264 e. The molecular weight excluding hydrogens is 400 g/mol. The standard InChI is InChI=1S/C19H28N2O7S/c1-19(29(2,24)25,18(23)21-28-17-9-5-7-13-26-17)11-10-15-14-16(27-20-15)8-4-3-6-12-22/h14,17,22H,3,5-7,9-13H2,1-2H3,(H,21,23). The van der Waals surface area contributed by atoms with Gasteiger partial charge >= 0.3 is 0 Å². The van der Waals surface area contributed by atoms with Crippen LogP contribution in [0.2, 0.25) is 0 Å². The SMILES string of the molecule is CC(CCc1cc(C#CCCCO)on1)(C(=O)NOC1CCCCO1)S(C)(=O)=O. The van der Waals surface area contributed by atoms with Crippen LogP contribution in [0, 0.1) is 11.8 Å². The number of hydrogen-bond donors (Lipinski definition) is 2. The van der Waals surface area contributed by atoms with Gasteiger partial charge in [0.2, 0.25) is 5.76 Å². The molecule has 29 heavy (non-hydrogen) atoms. The van der Waals surface area contributed by atoms with Crippen molar-refractivity contribution in [1.82, 2.24) is 10.6 Å². The van der Waals surface area contributed by atoms with Crippen molar-refractivity contribution in [3.05, 3.63) is 17.5 Å². The number of rotatable bonds is 9. The van der Waals surface area contributed by atoms with Gasteiger partial charge in [-0.3, -0.25) is 4.79 Å². The number of aryl methyl sites for hydroxylation is 1. The molecule has 0 spiro atoms. The molecule has 0 saturated carbocycles. The maximum Gasteiger partial charge on any atom is 0.264 e. The van der Waals surface area contributed by atoms with Crippen LogP contribution in [0.5, 0.6) is 0 Å². The normalized spacial score (nSPS) is 19.1. The van der Waals surface area contributed by atoms with Crippen molar-refractivity contribution >= 4 is 15.7 Å². The third-order valence-electron chi connectivity index (χ3n) is 4.81. The Morgan fingerprint density at radius 2 is 2.28 bits per heavy atom. The number of carbonyl (C=O) groups is 1. The van der Waals surface area contributed by atoms with Gasteiger partial charge in [0, 0.05) is 38.4 Å². The number of sulfone groups is 1. The first kappa shape index (κ1) is 23.3. The number of nitrogens with zero attached hydrogens (tertiary/aromatic N) is 1. The Hall–Kier alpha value is -1.93. The van der Waals surface area contributed by atoms with Gasteiger partial charge < -0.3 is 14.4 Å². The first-order chi connectivity index (χ1) is 13.8. The fourth-order valence-corrected chi connectivity index (χ4v) is 3.52. The molecule has 0 aliphatic carbocycles. The van der Waals surface area contributed by atoms with Crippen LogP contribution < -0.4 is 5.48 Å². The summed E-state index contributed by atoms with van der Waals surface area (Å²) in [6.45, 7) is 1.97. The molecule has 10 heteroatoms. The number of hydroxylamine groups is 1. The van der Waals surface area contributed by atoms with E-state index in [2.05, 4.69) is 22.5 Å². The number of ether oxygens (including phenoxy) is 1. The van der Waals surface area contributed by atoms with Crippen molar-refractivity contribution in [2.24, 2.45) is 0 Å². The van der Waals surface area contributed by atoms with Crippen LogP contribution in [0.15, 0.2) is 10.6 Å². The molecule has 1 aromatic heterocycles. The molecule has 1 aliphatic heterocycles. The van der Waals surface area contributed by atoms with Gasteiger partial charge in [-0.15, -0.1) is 0 Å². The first-order valence-corrected chi connectivity index (χ1v) is 11.5. The maximum absolute atomic E-state index is 12.6. The molecule has 2 atom stereocenters. The largest absolute Gasteiger partial charge is 0.396 e. The lowest BCUT2D eigenvalue weighted by Gasteiger charge is -2.28. The van der Waals surface area contributed by atoms with Crippen molar-refractivity contribution in [2.45, 2.75) is 62.9 Å². The molecule has 1 aliphatic rings. The van der Waals surface area contributed by atoms with Gasteiger partial charge in [0.25, 0.3) is 5.91 Å². The van der Waals surface area contributed by atoms with E-state index in [1.165, 1.54) is 6.92 Å². The van der Waals surface area contributed by atoms with Crippen LogP contribution >= 0.6 is 0 Å². The van der Waals surface area contributed by atoms with Crippen molar-refractivity contribution < 1.29 is 32.4 Å². The van der Waals surface area contributed by atoms with Gasteiger partial charge in [0.05, 0.1) is 5.69 Å². The van der Waals surface area contributed by atoms with Gasteiger partial charge in [-0.2, -0.15) is 0 Å². The third kappa shape index (κ3) is 6.82. The summed E-state index contributed by atoms with van der Waals surface area (Å²) < 4.78 is 33.5. The lowest BCUT2D eigenvalue weighted by molar-refractivity contribution is -0.201. The molecule has 2 rings (SSSR count). The Balaban J connectivity index is 1.97. The number of nitrogens with one attached hydrogen (secondary N) is 1. The van der Waals surface area contributed by atoms with E-state index in [4.69, 9.17) is 19.2 Å². The fourth-order valence-electron chi connectivity index (χ4n) is 2.67. The highest BCUT2D eigenvalue weighted by atomic mass is 32.2. The van der Waals surface area contributed by atoms with Crippen LogP contribution in [0.1, 0.15) is 56.9 Å². The minimum atomic E-state index is -3.74. The van der Waals surface area contributed by atoms with Crippen molar-refractivity contribution in [1.29, 1.82) is 0 Å². The van der Waals surface area contributed by atoms with Crippen molar-refractivity contribution in [3.63, 3.8) is 0 Å². The lowest BCUT2D eigenvalue weighted by atomic mass is 10.0. The molecule has 2 N–H and O–H groups in total. The van der Waals surface area contributed by atoms with Gasteiger partial charge in [-0.05, 0) is 44.9 Å². The Morgan fingerprint density at radius 3 is 2.93 bits per heavy atom. The Labute approximate surface area is 171 Å². The first-order valence-electron chi connectivity index (χ1n) is 9.59. The molecule has 1 aromatic rings. The molecule has 2 unspecified atom stereocenters. The Bertz CT molecular complexity index is 834. The number of amides is 1. The van der Waals surface area contributed by atoms with E-state index in [9.17, 15) is 13.2 Å². The average molecular weight is 429 g/mol. The van der Waals surface area contributed by atoms with E-state index in [1.54, 1.807) is 6.07 Å². The topological polar surface area (TPSA) is 128 Å². The molecule has 1 fully saturated rings. The van der Waals surface area contributed by atoms with Crippen LogP contribution in [0.25, 0.3) is 0 Å². The second-order valence-electron chi connectivity index (χ2n) is 7.16. The van der Waals surface area contributed by atoms with E-state index in [-0.39, 0.29) is 19.4 Å². The van der Waals surface area contributed by atoms with Crippen LogP contribution in [0.4, 0.5) is 0 Å². The molecule has 9 nitrogen and oxygen atoms in total. The number of carbonyl (C=O) groups excluding carboxylic acids is 1. The third-order valence-corrected chi connectivity index (χ3v) is 6.83. The molecule has 1 amide bonds. The Kier molecular flexibility index (Phi) is 8.64. The zero-order valence-electron chi connectivity index (χ0n) is 16.8. The molecule has 0 aromatic carbocycles. The van der Waals surface area contributed by atoms with E-state index in [1.807, 2.05) is 0 Å². The van der Waals surface area contributed by atoms with Gasteiger partial charge in [-0.1, -0.05) is 11.1 Å². The number of hydrogen-bond acceptors (Lipinski definition) is 8. The summed E-state index contributed by atoms with van der Waals surface area (Å²) in [5, 5.41) is 12.6. The van der Waals surface area contributed by atoms with E-state index >= 15 is 0 Å². The van der Waals surface area contributed by atoms with Gasteiger partial charge in [-0.25, -0.2) is 18.7 Å². The molecule has 0 radical (unpaired) electrons. The second kappa shape index (κ2) is 10.7.